The van der Waals surface area contributed by atoms with Crippen molar-refractivity contribution in [3.63, 3.8) is 0 Å². The van der Waals surface area contributed by atoms with Crippen LogP contribution in [0.25, 0.3) is 10.9 Å². The summed E-state index contributed by atoms with van der Waals surface area (Å²) in [5, 5.41) is 10.8. The number of ether oxygens (including phenoxy) is 1. The first kappa shape index (κ1) is 14.6. The maximum atomic E-state index is 5.71. The highest BCUT2D eigenvalue weighted by Crippen LogP contribution is 2.25. The zero-order valence-corrected chi connectivity index (χ0v) is 12.7. The number of aromatic nitrogens is 4. The zero-order chi connectivity index (χ0) is 15.2. The second-order valence-electron chi connectivity index (χ2n) is 4.74. The molecule has 0 bridgehead atoms. The van der Waals surface area contributed by atoms with Crippen LogP contribution in [-0.4, -0.2) is 32.7 Å². The maximum Gasteiger partial charge on any atom is 0.142 e. The molecular weight excluding hydrogens is 302 g/mol. The lowest BCUT2D eigenvalue weighted by Crippen LogP contribution is -1.99. The van der Waals surface area contributed by atoms with Gasteiger partial charge in [-0.25, -0.2) is 9.97 Å². The van der Waals surface area contributed by atoms with Gasteiger partial charge in [0.2, 0.25) is 0 Å². The SMILES string of the molecule is ClCCCCOc1ccc2c(Nc3ccn[nH]3)ncnc2c1. The molecule has 0 aliphatic carbocycles. The first-order valence-electron chi connectivity index (χ1n) is 7.07. The Kier molecular flexibility index (Phi) is 4.70. The first-order valence-corrected chi connectivity index (χ1v) is 7.60. The number of hydrogen-bond donors (Lipinski definition) is 2. The Hall–Kier alpha value is -2.34. The van der Waals surface area contributed by atoms with Gasteiger partial charge in [-0.3, -0.25) is 5.10 Å². The summed E-state index contributed by atoms with van der Waals surface area (Å²) in [5.41, 5.74) is 0.826. The molecule has 6 nitrogen and oxygen atoms in total. The summed E-state index contributed by atoms with van der Waals surface area (Å²) >= 11 is 5.65. The van der Waals surface area contributed by atoms with Gasteiger partial charge in [0.15, 0.2) is 0 Å². The molecule has 7 heteroatoms. The normalized spacial score (nSPS) is 10.8. The van der Waals surface area contributed by atoms with Gasteiger partial charge in [0.25, 0.3) is 0 Å². The zero-order valence-electron chi connectivity index (χ0n) is 11.9. The standard InChI is InChI=1S/C15H16ClN5O/c16-6-1-2-8-22-11-3-4-12-13(9-11)17-10-18-15(12)20-14-5-7-19-21-14/h3-5,7,9-10H,1-2,6,8H2,(H2,17,18,19,20,21). The maximum absolute atomic E-state index is 5.71. The largest absolute Gasteiger partial charge is 0.494 e. The summed E-state index contributed by atoms with van der Waals surface area (Å²) in [4.78, 5) is 8.57. The second-order valence-corrected chi connectivity index (χ2v) is 5.12. The van der Waals surface area contributed by atoms with Crippen molar-refractivity contribution >= 4 is 34.1 Å². The van der Waals surface area contributed by atoms with E-state index in [1.807, 2.05) is 24.3 Å². The summed E-state index contributed by atoms with van der Waals surface area (Å²) in [6.45, 7) is 0.655. The van der Waals surface area contributed by atoms with E-state index in [0.29, 0.717) is 12.5 Å². The van der Waals surface area contributed by atoms with Crippen LogP contribution in [0.4, 0.5) is 11.6 Å². The first-order chi connectivity index (χ1) is 10.9. The molecule has 0 saturated carbocycles. The number of rotatable bonds is 7. The number of unbranched alkanes of at least 4 members (excludes halogenated alkanes) is 1. The van der Waals surface area contributed by atoms with Crippen LogP contribution in [-0.2, 0) is 0 Å². The Morgan fingerprint density at radius 3 is 2.95 bits per heavy atom. The van der Waals surface area contributed by atoms with Crippen LogP contribution in [0.3, 0.4) is 0 Å². The molecule has 3 aromatic rings. The van der Waals surface area contributed by atoms with E-state index in [-0.39, 0.29) is 0 Å². The molecule has 2 N–H and O–H groups in total. The van der Waals surface area contributed by atoms with Gasteiger partial charge in [-0.2, -0.15) is 5.10 Å². The Balaban J connectivity index is 1.78. The second kappa shape index (κ2) is 7.09. The van der Waals surface area contributed by atoms with E-state index < -0.39 is 0 Å². The van der Waals surface area contributed by atoms with Crippen LogP contribution < -0.4 is 10.1 Å². The third-order valence-corrected chi connectivity index (χ3v) is 3.43. The molecule has 0 unspecified atom stereocenters. The van der Waals surface area contributed by atoms with Crippen molar-refractivity contribution in [1.82, 2.24) is 20.2 Å². The Morgan fingerprint density at radius 2 is 2.14 bits per heavy atom. The minimum Gasteiger partial charge on any atom is -0.494 e. The lowest BCUT2D eigenvalue weighted by molar-refractivity contribution is 0.310. The monoisotopic (exact) mass is 317 g/mol. The predicted molar refractivity (Wildman–Crippen MR) is 86.9 cm³/mol. The fourth-order valence-electron chi connectivity index (χ4n) is 2.07. The van der Waals surface area contributed by atoms with E-state index in [1.165, 1.54) is 6.33 Å². The van der Waals surface area contributed by atoms with Gasteiger partial charge in [-0.15, -0.1) is 11.6 Å². The highest BCUT2D eigenvalue weighted by atomic mass is 35.5. The lowest BCUT2D eigenvalue weighted by Gasteiger charge is -2.09. The van der Waals surface area contributed by atoms with Gasteiger partial charge >= 0.3 is 0 Å². The number of benzene rings is 1. The molecule has 0 spiro atoms. The predicted octanol–water partition coefficient (Wildman–Crippen LogP) is 3.49. The van der Waals surface area contributed by atoms with Crippen LogP contribution >= 0.6 is 11.6 Å². The molecule has 0 fully saturated rings. The van der Waals surface area contributed by atoms with E-state index >= 15 is 0 Å². The van der Waals surface area contributed by atoms with E-state index in [2.05, 4.69) is 25.5 Å². The fourth-order valence-corrected chi connectivity index (χ4v) is 2.25. The molecule has 114 valence electrons. The van der Waals surface area contributed by atoms with E-state index in [9.17, 15) is 0 Å². The number of fused-ring (bicyclic) bond motifs is 1. The van der Waals surface area contributed by atoms with Crippen LogP contribution in [0.2, 0.25) is 0 Å². The minimum atomic E-state index is 0.655. The van der Waals surface area contributed by atoms with Gasteiger partial charge in [-0.1, -0.05) is 0 Å². The van der Waals surface area contributed by atoms with Gasteiger partial charge < -0.3 is 10.1 Å². The molecular formula is C15H16ClN5O. The number of hydrogen-bond acceptors (Lipinski definition) is 5. The molecule has 0 saturated heterocycles. The molecule has 1 aromatic carbocycles. The van der Waals surface area contributed by atoms with Crippen LogP contribution in [0.5, 0.6) is 5.75 Å². The number of alkyl halides is 1. The molecule has 0 radical (unpaired) electrons. The molecule has 0 aliphatic rings. The van der Waals surface area contributed by atoms with E-state index in [0.717, 1.165) is 41.1 Å². The lowest BCUT2D eigenvalue weighted by atomic mass is 10.2. The Labute approximate surface area is 132 Å². The molecule has 0 aliphatic heterocycles. The highest BCUT2D eigenvalue weighted by molar-refractivity contribution is 6.17. The smallest absolute Gasteiger partial charge is 0.142 e. The highest BCUT2D eigenvalue weighted by Gasteiger charge is 2.06. The van der Waals surface area contributed by atoms with Crippen molar-refractivity contribution in [3.05, 3.63) is 36.8 Å². The summed E-state index contributed by atoms with van der Waals surface area (Å²) in [6.07, 6.45) is 5.10. The molecule has 0 atom stereocenters. The van der Waals surface area contributed by atoms with Crippen molar-refractivity contribution in [1.29, 1.82) is 0 Å². The Bertz CT molecular complexity index is 732. The summed E-state index contributed by atoms with van der Waals surface area (Å²) in [7, 11) is 0. The number of anilines is 2. The quantitative estimate of drug-likeness (QED) is 0.515. The van der Waals surface area contributed by atoms with Crippen molar-refractivity contribution in [2.45, 2.75) is 12.8 Å². The third kappa shape index (κ3) is 3.46. The minimum absolute atomic E-state index is 0.655. The molecule has 2 aromatic heterocycles. The van der Waals surface area contributed by atoms with Gasteiger partial charge in [-0.05, 0) is 25.0 Å². The number of halogens is 1. The van der Waals surface area contributed by atoms with Crippen molar-refractivity contribution in [2.75, 3.05) is 17.8 Å². The summed E-state index contributed by atoms with van der Waals surface area (Å²) in [5.74, 6) is 2.97. The average Bonchev–Trinajstić information content (AvgIpc) is 3.05. The summed E-state index contributed by atoms with van der Waals surface area (Å²) < 4.78 is 5.71. The average molecular weight is 318 g/mol. The van der Waals surface area contributed by atoms with E-state index in [4.69, 9.17) is 16.3 Å². The molecule has 3 rings (SSSR count). The van der Waals surface area contributed by atoms with Gasteiger partial charge in [0.05, 0.1) is 18.3 Å². The summed E-state index contributed by atoms with van der Waals surface area (Å²) in [6, 6.07) is 7.62. The molecule has 2 heterocycles. The van der Waals surface area contributed by atoms with E-state index in [1.54, 1.807) is 6.20 Å². The third-order valence-electron chi connectivity index (χ3n) is 3.16. The number of nitrogens with one attached hydrogen (secondary N) is 2. The van der Waals surface area contributed by atoms with Crippen molar-refractivity contribution in [2.24, 2.45) is 0 Å². The van der Waals surface area contributed by atoms with Crippen molar-refractivity contribution in [3.8, 4) is 5.75 Å². The fraction of sp³-hybridized carbons (Fsp3) is 0.267. The van der Waals surface area contributed by atoms with Crippen LogP contribution in [0.15, 0.2) is 36.8 Å². The van der Waals surface area contributed by atoms with Crippen LogP contribution in [0, 0.1) is 0 Å². The molecule has 0 amide bonds. The number of H-pyrrole nitrogens is 1. The van der Waals surface area contributed by atoms with Gasteiger partial charge in [0, 0.05) is 23.4 Å². The Morgan fingerprint density at radius 1 is 1.18 bits per heavy atom. The topological polar surface area (TPSA) is 75.7 Å². The number of nitrogens with zero attached hydrogens (tertiary/aromatic N) is 3. The van der Waals surface area contributed by atoms with Crippen LogP contribution in [0.1, 0.15) is 12.8 Å². The number of aromatic amines is 1. The van der Waals surface area contributed by atoms with Crippen molar-refractivity contribution < 1.29 is 4.74 Å². The molecule has 22 heavy (non-hydrogen) atoms. The van der Waals surface area contributed by atoms with Gasteiger partial charge in [0.1, 0.15) is 23.7 Å².